The van der Waals surface area contributed by atoms with Crippen LogP contribution in [0.25, 0.3) is 0 Å². The largest absolute Gasteiger partial charge is 0.391 e. The van der Waals surface area contributed by atoms with Crippen molar-refractivity contribution >= 4 is 11.8 Å². The highest BCUT2D eigenvalue weighted by Gasteiger charge is 2.33. The summed E-state index contributed by atoms with van der Waals surface area (Å²) in [6.45, 7) is 2.84. The molecule has 3 N–H and O–H groups in total. The van der Waals surface area contributed by atoms with Gasteiger partial charge in [-0.2, -0.15) is 0 Å². The van der Waals surface area contributed by atoms with Crippen molar-refractivity contribution in [3.05, 3.63) is 35.4 Å². The van der Waals surface area contributed by atoms with Gasteiger partial charge in [-0.1, -0.05) is 6.07 Å². The summed E-state index contributed by atoms with van der Waals surface area (Å²) >= 11 is 0. The Labute approximate surface area is 135 Å². The van der Waals surface area contributed by atoms with Crippen LogP contribution in [0.2, 0.25) is 0 Å². The number of hydrogen-bond acceptors (Lipinski definition) is 4. The van der Waals surface area contributed by atoms with E-state index in [1.165, 1.54) is 0 Å². The van der Waals surface area contributed by atoms with Gasteiger partial charge in [-0.25, -0.2) is 0 Å². The molecule has 1 saturated carbocycles. The number of nitrogens with two attached hydrogens (primary N) is 1. The third kappa shape index (κ3) is 3.38. The van der Waals surface area contributed by atoms with Crippen LogP contribution in [0.5, 0.6) is 0 Å². The smallest absolute Gasteiger partial charge is 0.253 e. The van der Waals surface area contributed by atoms with Crippen LogP contribution in [-0.2, 0) is 0 Å². The molecule has 3 rings (SSSR count). The molecule has 0 spiro atoms. The van der Waals surface area contributed by atoms with Crippen molar-refractivity contribution in [3.63, 3.8) is 0 Å². The molecular formula is C17H23N3O3. The fourth-order valence-corrected chi connectivity index (χ4v) is 3.59. The van der Waals surface area contributed by atoms with Crippen LogP contribution in [0.4, 0.5) is 0 Å². The molecule has 2 amide bonds. The van der Waals surface area contributed by atoms with Crippen molar-refractivity contribution in [2.24, 2.45) is 5.73 Å². The van der Waals surface area contributed by atoms with E-state index in [2.05, 4.69) is 4.90 Å². The van der Waals surface area contributed by atoms with E-state index in [4.69, 9.17) is 5.73 Å². The van der Waals surface area contributed by atoms with Crippen molar-refractivity contribution in [3.8, 4) is 0 Å². The molecule has 0 aromatic heterocycles. The second-order valence-corrected chi connectivity index (χ2v) is 6.34. The van der Waals surface area contributed by atoms with Crippen LogP contribution in [0, 0.1) is 0 Å². The van der Waals surface area contributed by atoms with Gasteiger partial charge in [0, 0.05) is 43.3 Å². The summed E-state index contributed by atoms with van der Waals surface area (Å²) in [6.07, 6.45) is 2.76. The number of carbonyl (C=O) groups is 2. The van der Waals surface area contributed by atoms with Gasteiger partial charge in [0.1, 0.15) is 0 Å². The summed E-state index contributed by atoms with van der Waals surface area (Å²) < 4.78 is 0. The zero-order valence-corrected chi connectivity index (χ0v) is 13.1. The maximum atomic E-state index is 12.6. The molecule has 1 aliphatic carbocycles. The summed E-state index contributed by atoms with van der Waals surface area (Å²) in [7, 11) is 0. The van der Waals surface area contributed by atoms with Gasteiger partial charge in [-0.05, 0) is 37.5 Å². The lowest BCUT2D eigenvalue weighted by Gasteiger charge is -2.39. The number of piperazine rings is 1. The molecule has 1 aromatic carbocycles. The molecule has 0 radical (unpaired) electrons. The van der Waals surface area contributed by atoms with E-state index in [1.807, 2.05) is 0 Å². The van der Waals surface area contributed by atoms with Crippen molar-refractivity contribution in [1.29, 1.82) is 0 Å². The van der Waals surface area contributed by atoms with Gasteiger partial charge in [-0.15, -0.1) is 0 Å². The van der Waals surface area contributed by atoms with E-state index >= 15 is 0 Å². The van der Waals surface area contributed by atoms with Gasteiger partial charge in [0.05, 0.1) is 6.10 Å². The Hall–Kier alpha value is -1.92. The van der Waals surface area contributed by atoms with E-state index in [0.29, 0.717) is 24.2 Å². The average molecular weight is 317 g/mol. The first-order valence-electron chi connectivity index (χ1n) is 8.17. The molecule has 6 nitrogen and oxygen atoms in total. The molecule has 1 heterocycles. The van der Waals surface area contributed by atoms with Crippen molar-refractivity contribution in [2.75, 3.05) is 26.2 Å². The molecule has 124 valence electrons. The van der Waals surface area contributed by atoms with E-state index in [1.54, 1.807) is 29.2 Å². The van der Waals surface area contributed by atoms with Crippen LogP contribution < -0.4 is 5.73 Å². The number of amides is 2. The molecule has 1 saturated heterocycles. The topological polar surface area (TPSA) is 86.9 Å². The highest BCUT2D eigenvalue weighted by atomic mass is 16.3. The molecule has 0 bridgehead atoms. The summed E-state index contributed by atoms with van der Waals surface area (Å²) in [5, 5.41) is 10.0. The number of aliphatic hydroxyl groups excluding tert-OH is 1. The zero-order valence-electron chi connectivity index (χ0n) is 13.1. The average Bonchev–Trinajstić information content (AvgIpc) is 3.00. The second-order valence-electron chi connectivity index (χ2n) is 6.34. The van der Waals surface area contributed by atoms with Crippen LogP contribution in [0.3, 0.4) is 0 Å². The summed E-state index contributed by atoms with van der Waals surface area (Å²) in [4.78, 5) is 27.9. The van der Waals surface area contributed by atoms with Crippen molar-refractivity contribution < 1.29 is 14.7 Å². The number of benzene rings is 1. The molecule has 23 heavy (non-hydrogen) atoms. The summed E-state index contributed by atoms with van der Waals surface area (Å²) in [6, 6.07) is 6.79. The minimum Gasteiger partial charge on any atom is -0.391 e. The Bertz CT molecular complexity index is 597. The van der Waals surface area contributed by atoms with Gasteiger partial charge >= 0.3 is 0 Å². The molecule has 1 aromatic rings. The van der Waals surface area contributed by atoms with Gasteiger partial charge < -0.3 is 15.7 Å². The molecule has 2 fully saturated rings. The first-order chi connectivity index (χ1) is 11.1. The Morgan fingerprint density at radius 1 is 1.09 bits per heavy atom. The lowest BCUT2D eigenvalue weighted by molar-refractivity contribution is 0.0315. The highest BCUT2D eigenvalue weighted by Crippen LogP contribution is 2.25. The first-order valence-corrected chi connectivity index (χ1v) is 8.17. The maximum Gasteiger partial charge on any atom is 0.253 e. The van der Waals surface area contributed by atoms with Gasteiger partial charge in [-0.3, -0.25) is 14.5 Å². The van der Waals surface area contributed by atoms with Crippen molar-refractivity contribution in [2.45, 2.75) is 31.4 Å². The third-order valence-corrected chi connectivity index (χ3v) is 4.91. The molecule has 0 unspecified atom stereocenters. The zero-order chi connectivity index (χ0) is 16.4. The minimum atomic E-state index is -0.528. The van der Waals surface area contributed by atoms with E-state index in [0.717, 1.165) is 32.4 Å². The Morgan fingerprint density at radius 3 is 2.39 bits per heavy atom. The lowest BCUT2D eigenvalue weighted by Crippen LogP contribution is -2.53. The summed E-state index contributed by atoms with van der Waals surface area (Å²) in [5.41, 5.74) is 6.11. The van der Waals surface area contributed by atoms with Crippen LogP contribution in [0.1, 0.15) is 40.0 Å². The van der Waals surface area contributed by atoms with E-state index < -0.39 is 5.91 Å². The van der Waals surface area contributed by atoms with Crippen LogP contribution in [0.15, 0.2) is 24.3 Å². The van der Waals surface area contributed by atoms with Crippen molar-refractivity contribution in [1.82, 2.24) is 9.80 Å². The molecule has 1 aliphatic heterocycles. The highest BCUT2D eigenvalue weighted by molar-refractivity contribution is 5.99. The number of hydrogen-bond donors (Lipinski definition) is 2. The fourth-order valence-electron chi connectivity index (χ4n) is 3.59. The third-order valence-electron chi connectivity index (χ3n) is 4.91. The minimum absolute atomic E-state index is 0.0697. The van der Waals surface area contributed by atoms with E-state index in [-0.39, 0.29) is 18.1 Å². The van der Waals surface area contributed by atoms with Gasteiger partial charge in [0.2, 0.25) is 5.91 Å². The van der Waals surface area contributed by atoms with Crippen LogP contribution >= 0.6 is 0 Å². The molecule has 6 heteroatoms. The molecular weight excluding hydrogens is 294 g/mol. The Kier molecular flexibility index (Phi) is 4.63. The SMILES string of the molecule is NC(=O)c1cccc(C(=O)N2CCN([C@@H]3CCC[C@@H]3O)CC2)c1. The number of nitrogens with zero attached hydrogens (tertiary/aromatic N) is 2. The standard InChI is InChI=1S/C17H23N3O3/c18-16(22)12-3-1-4-13(11-12)17(23)20-9-7-19(8-10-20)14-5-2-6-15(14)21/h1,3-4,11,14-15,21H,2,5-10H2,(H2,18,22)/t14-,15+/m1/s1. The Morgan fingerprint density at radius 2 is 1.78 bits per heavy atom. The number of rotatable bonds is 3. The fraction of sp³-hybridized carbons (Fsp3) is 0.529. The normalized spacial score (nSPS) is 25.5. The van der Waals surface area contributed by atoms with Gasteiger partial charge in [0.15, 0.2) is 0 Å². The number of primary amides is 1. The molecule has 2 atom stereocenters. The van der Waals surface area contributed by atoms with Crippen LogP contribution in [-0.4, -0.2) is 65.0 Å². The first kappa shape index (κ1) is 16.0. The van der Waals surface area contributed by atoms with Gasteiger partial charge in [0.25, 0.3) is 5.91 Å². The quantitative estimate of drug-likeness (QED) is 0.848. The number of aliphatic hydroxyl groups is 1. The summed E-state index contributed by atoms with van der Waals surface area (Å²) in [5.74, 6) is -0.598. The monoisotopic (exact) mass is 317 g/mol. The molecule has 2 aliphatic rings. The second kappa shape index (κ2) is 6.68. The predicted molar refractivity (Wildman–Crippen MR) is 86.1 cm³/mol. The predicted octanol–water partition coefficient (Wildman–Crippen LogP) is 0.457. The maximum absolute atomic E-state index is 12.6. The number of carbonyl (C=O) groups excluding carboxylic acids is 2. The lowest BCUT2D eigenvalue weighted by atomic mass is 10.1. The Balaban J connectivity index is 1.62. The van der Waals surface area contributed by atoms with E-state index in [9.17, 15) is 14.7 Å².